The number of morpholine rings is 1. The lowest BCUT2D eigenvalue weighted by molar-refractivity contribution is -0.150. The summed E-state index contributed by atoms with van der Waals surface area (Å²) in [5.74, 6) is 0.253. The molecular weight excluding hydrogens is 292 g/mol. The Morgan fingerprint density at radius 1 is 1.30 bits per heavy atom. The summed E-state index contributed by atoms with van der Waals surface area (Å²) < 4.78 is 5.87. The second-order valence-corrected chi connectivity index (χ2v) is 6.80. The number of hydrogen-bond donors (Lipinski definition) is 0. The van der Waals surface area contributed by atoms with Crippen molar-refractivity contribution in [3.63, 3.8) is 0 Å². The van der Waals surface area contributed by atoms with Crippen LogP contribution in [0.2, 0.25) is 0 Å². The van der Waals surface area contributed by atoms with Gasteiger partial charge in [-0.25, -0.2) is 9.97 Å². The number of ether oxygens (including phenoxy) is 1. The Kier molecular flexibility index (Phi) is 4.27. The van der Waals surface area contributed by atoms with Crippen LogP contribution in [0.15, 0.2) is 12.5 Å². The van der Waals surface area contributed by atoms with E-state index in [2.05, 4.69) is 19.8 Å². The van der Waals surface area contributed by atoms with Gasteiger partial charge in [0.1, 0.15) is 6.33 Å². The van der Waals surface area contributed by atoms with Gasteiger partial charge >= 0.3 is 0 Å². The highest BCUT2D eigenvalue weighted by atomic mass is 16.5. The van der Waals surface area contributed by atoms with Crippen LogP contribution < -0.4 is 0 Å². The number of nitrogens with zero attached hydrogens (tertiary/aromatic N) is 4. The zero-order valence-electron chi connectivity index (χ0n) is 13.5. The van der Waals surface area contributed by atoms with Crippen molar-refractivity contribution in [2.45, 2.75) is 50.8 Å². The van der Waals surface area contributed by atoms with E-state index in [1.54, 1.807) is 6.33 Å². The van der Waals surface area contributed by atoms with Crippen molar-refractivity contribution < 1.29 is 9.53 Å². The van der Waals surface area contributed by atoms with Crippen LogP contribution in [0.4, 0.5) is 0 Å². The van der Waals surface area contributed by atoms with Crippen molar-refractivity contribution >= 4 is 5.91 Å². The number of carbonyl (C=O) groups excluding carboxylic acids is 1. The third kappa shape index (κ3) is 3.10. The summed E-state index contributed by atoms with van der Waals surface area (Å²) in [6.07, 6.45) is 9.31. The molecule has 2 atom stereocenters. The van der Waals surface area contributed by atoms with Crippen molar-refractivity contribution in [3.8, 4) is 0 Å². The third-order valence-electron chi connectivity index (χ3n) is 5.36. The summed E-state index contributed by atoms with van der Waals surface area (Å²) in [6, 6.07) is 0.296. The zero-order valence-corrected chi connectivity index (χ0v) is 13.5. The van der Waals surface area contributed by atoms with Gasteiger partial charge in [0.15, 0.2) is 0 Å². The number of aromatic nitrogens is 2. The van der Waals surface area contributed by atoms with E-state index in [9.17, 15) is 4.79 Å². The summed E-state index contributed by atoms with van der Waals surface area (Å²) in [5.41, 5.74) is 2.28. The van der Waals surface area contributed by atoms with Crippen LogP contribution in [0.5, 0.6) is 0 Å². The fourth-order valence-electron chi connectivity index (χ4n) is 4.13. The molecule has 4 rings (SSSR count). The maximum atomic E-state index is 12.8. The fourth-order valence-corrected chi connectivity index (χ4v) is 4.13. The summed E-state index contributed by atoms with van der Waals surface area (Å²) in [7, 11) is 0. The van der Waals surface area contributed by atoms with E-state index in [1.807, 2.05) is 6.20 Å². The molecule has 3 aliphatic rings. The summed E-state index contributed by atoms with van der Waals surface area (Å²) in [6.45, 7) is 3.58. The molecular formula is C17H24N4O2. The van der Waals surface area contributed by atoms with Crippen molar-refractivity contribution in [2.24, 2.45) is 0 Å². The van der Waals surface area contributed by atoms with E-state index in [4.69, 9.17) is 4.74 Å². The molecule has 124 valence electrons. The van der Waals surface area contributed by atoms with Gasteiger partial charge in [0.25, 0.3) is 0 Å². The molecule has 1 saturated heterocycles. The number of carbonyl (C=O) groups is 1. The van der Waals surface area contributed by atoms with Gasteiger partial charge in [-0.3, -0.25) is 9.69 Å². The molecule has 0 aromatic carbocycles. The Labute approximate surface area is 136 Å². The highest BCUT2D eigenvalue weighted by Gasteiger charge is 2.37. The lowest BCUT2D eigenvalue weighted by atomic mass is 9.90. The molecule has 0 bridgehead atoms. The smallest absolute Gasteiger partial charge is 0.237 e. The highest BCUT2D eigenvalue weighted by Crippen LogP contribution is 2.28. The van der Waals surface area contributed by atoms with Crippen LogP contribution >= 0.6 is 0 Å². The van der Waals surface area contributed by atoms with Crippen LogP contribution in [-0.4, -0.2) is 64.1 Å². The maximum absolute atomic E-state index is 12.8. The molecule has 6 heteroatoms. The van der Waals surface area contributed by atoms with Crippen LogP contribution in [-0.2, 0) is 22.5 Å². The van der Waals surface area contributed by atoms with Crippen LogP contribution in [0.3, 0.4) is 0 Å². The Bertz CT molecular complexity index is 577. The van der Waals surface area contributed by atoms with Gasteiger partial charge in [-0.1, -0.05) is 12.8 Å². The van der Waals surface area contributed by atoms with Crippen LogP contribution in [0.1, 0.15) is 36.9 Å². The molecule has 1 amide bonds. The van der Waals surface area contributed by atoms with Crippen LogP contribution in [0, 0.1) is 0 Å². The van der Waals surface area contributed by atoms with Gasteiger partial charge < -0.3 is 9.64 Å². The molecule has 2 unspecified atom stereocenters. The van der Waals surface area contributed by atoms with Gasteiger partial charge in [0.2, 0.25) is 5.91 Å². The van der Waals surface area contributed by atoms with Crippen LogP contribution in [0.25, 0.3) is 0 Å². The predicted octanol–water partition coefficient (Wildman–Crippen LogP) is 1.00. The predicted molar refractivity (Wildman–Crippen MR) is 84.7 cm³/mol. The SMILES string of the molecule is O=C(CN1CCc2cncnc2C1)N1CCOC2CCCCC21. The first-order valence-electron chi connectivity index (χ1n) is 8.72. The molecule has 2 fully saturated rings. The lowest BCUT2D eigenvalue weighted by Crippen LogP contribution is -2.57. The molecule has 6 nitrogen and oxygen atoms in total. The normalized spacial score (nSPS) is 28.1. The monoisotopic (exact) mass is 316 g/mol. The molecule has 1 aromatic rings. The quantitative estimate of drug-likeness (QED) is 0.815. The minimum atomic E-state index is 0.253. The Hall–Kier alpha value is -1.53. The molecule has 1 aliphatic carbocycles. The average molecular weight is 316 g/mol. The topological polar surface area (TPSA) is 58.6 Å². The molecule has 0 spiro atoms. The second-order valence-electron chi connectivity index (χ2n) is 6.80. The van der Waals surface area contributed by atoms with Gasteiger partial charge in [-0.15, -0.1) is 0 Å². The number of fused-ring (bicyclic) bond motifs is 2. The minimum Gasteiger partial charge on any atom is -0.374 e. The van der Waals surface area contributed by atoms with Gasteiger partial charge in [0.05, 0.1) is 31.0 Å². The summed E-state index contributed by atoms with van der Waals surface area (Å²) in [5, 5.41) is 0. The highest BCUT2D eigenvalue weighted by molar-refractivity contribution is 5.78. The van der Waals surface area contributed by atoms with Crippen molar-refractivity contribution in [2.75, 3.05) is 26.2 Å². The van der Waals surface area contributed by atoms with E-state index in [0.717, 1.165) is 44.6 Å². The lowest BCUT2D eigenvalue weighted by Gasteiger charge is -2.44. The Morgan fingerprint density at radius 2 is 2.22 bits per heavy atom. The standard InChI is InChI=1S/C17H24N4O2/c22-17(21-7-8-23-16-4-2-1-3-15(16)21)11-20-6-5-13-9-18-12-19-14(13)10-20/h9,12,15-16H,1-8,10-11H2. The van der Waals surface area contributed by atoms with E-state index < -0.39 is 0 Å². The maximum Gasteiger partial charge on any atom is 0.237 e. The molecule has 3 heterocycles. The molecule has 2 aliphatic heterocycles. The largest absolute Gasteiger partial charge is 0.374 e. The van der Waals surface area contributed by atoms with E-state index in [-0.39, 0.29) is 12.0 Å². The molecule has 1 aromatic heterocycles. The first-order chi connectivity index (χ1) is 11.3. The number of rotatable bonds is 2. The van der Waals surface area contributed by atoms with E-state index >= 15 is 0 Å². The second kappa shape index (κ2) is 6.53. The van der Waals surface area contributed by atoms with Crippen molar-refractivity contribution in [1.29, 1.82) is 0 Å². The van der Waals surface area contributed by atoms with Crippen molar-refractivity contribution in [3.05, 3.63) is 23.8 Å². The van der Waals surface area contributed by atoms with Gasteiger partial charge in [-0.05, 0) is 24.8 Å². The number of amides is 1. The van der Waals surface area contributed by atoms with E-state index in [1.165, 1.54) is 18.4 Å². The molecule has 0 radical (unpaired) electrons. The Balaban J connectivity index is 1.40. The third-order valence-corrected chi connectivity index (χ3v) is 5.36. The number of hydrogen-bond acceptors (Lipinski definition) is 5. The van der Waals surface area contributed by atoms with E-state index in [0.29, 0.717) is 19.2 Å². The zero-order chi connectivity index (χ0) is 15.6. The van der Waals surface area contributed by atoms with Crippen molar-refractivity contribution in [1.82, 2.24) is 19.8 Å². The van der Waals surface area contributed by atoms with Gasteiger partial charge in [0, 0.05) is 25.8 Å². The fraction of sp³-hybridized carbons (Fsp3) is 0.706. The molecule has 1 saturated carbocycles. The molecule has 23 heavy (non-hydrogen) atoms. The minimum absolute atomic E-state index is 0.253. The first kappa shape index (κ1) is 15.0. The summed E-state index contributed by atoms with van der Waals surface area (Å²) in [4.78, 5) is 25.6. The first-order valence-corrected chi connectivity index (χ1v) is 8.72. The van der Waals surface area contributed by atoms with Gasteiger partial charge in [-0.2, -0.15) is 0 Å². The summed E-state index contributed by atoms with van der Waals surface area (Å²) >= 11 is 0. The molecule has 0 N–H and O–H groups in total. The Morgan fingerprint density at radius 3 is 3.17 bits per heavy atom. The average Bonchev–Trinajstić information content (AvgIpc) is 2.61.